The van der Waals surface area contributed by atoms with Gasteiger partial charge in [0.1, 0.15) is 0 Å². The number of rotatable bonds is 0. The second-order valence-electron chi connectivity index (χ2n) is 1.32. The van der Waals surface area contributed by atoms with Crippen LogP contribution in [-0.2, 0) is 4.74 Å². The number of hydrogen-bond donors (Lipinski definition) is 0. The van der Waals surface area contributed by atoms with Crippen molar-refractivity contribution < 1.29 is 4.74 Å². The molecule has 1 rings (SSSR count). The van der Waals surface area contributed by atoms with Gasteiger partial charge in [0.15, 0.2) is 0 Å². The van der Waals surface area contributed by atoms with Gasteiger partial charge in [-0.15, -0.1) is 0 Å². The van der Waals surface area contributed by atoms with E-state index in [0.29, 0.717) is 0 Å². The first kappa shape index (κ1) is 15.7. The van der Waals surface area contributed by atoms with Gasteiger partial charge in [0, 0.05) is 0 Å². The molecule has 0 aromatic carbocycles. The minimum absolute atomic E-state index is 0. The monoisotopic (exact) mass is 120 g/mol. The number of hydrogen-bond acceptors (Lipinski definition) is 1. The predicted molar refractivity (Wildman–Crippen MR) is 40.2 cm³/mol. The zero-order valence-electron chi connectivity index (χ0n) is 4.53. The molecule has 0 radical (unpaired) electrons. The van der Waals surface area contributed by atoms with E-state index in [1.54, 1.807) is 0 Å². The summed E-state index contributed by atoms with van der Waals surface area (Å²) in [6, 6.07) is 0. The Balaban J connectivity index is -0.0000000500. The van der Waals surface area contributed by atoms with Crippen LogP contribution in [0.1, 0.15) is 35.1 Å². The summed E-state index contributed by atoms with van der Waals surface area (Å²) in [4.78, 5) is 0. The summed E-state index contributed by atoms with van der Waals surface area (Å²) in [7, 11) is 0. The van der Waals surface area contributed by atoms with Crippen LogP contribution in [0.4, 0.5) is 0 Å². The van der Waals surface area contributed by atoms with Gasteiger partial charge in [-0.2, -0.15) is 0 Å². The third kappa shape index (κ3) is 159. The first-order valence-electron chi connectivity index (χ1n) is 2.49. The lowest BCUT2D eigenvalue weighted by atomic mass is 10.6. The molecule has 0 atom stereocenters. The van der Waals surface area contributed by atoms with Crippen LogP contribution in [0, 0.1) is 0 Å². The molecule has 1 aliphatic heterocycles. The molecule has 0 aromatic rings. The van der Waals surface area contributed by atoms with Crippen molar-refractivity contribution in [3.63, 3.8) is 0 Å². The maximum atomic E-state index is 4.50. The Bertz CT molecular complexity index is 15.6. The van der Waals surface area contributed by atoms with Crippen molar-refractivity contribution in [2.45, 2.75) is 35.1 Å². The SMILES string of the molecule is C.C.C1CO1.CCC. The van der Waals surface area contributed by atoms with Crippen molar-refractivity contribution >= 4 is 0 Å². The molecule has 0 spiro atoms. The molecule has 0 N–H and O–H groups in total. The Kier molecular flexibility index (Phi) is 30.9. The maximum Gasteiger partial charge on any atom is 0.0701 e. The Labute approximate surface area is 54.1 Å². The van der Waals surface area contributed by atoms with E-state index in [0.717, 1.165) is 13.2 Å². The molecule has 0 aliphatic carbocycles. The van der Waals surface area contributed by atoms with Crippen LogP contribution in [-0.4, -0.2) is 13.2 Å². The van der Waals surface area contributed by atoms with Gasteiger partial charge in [-0.05, 0) is 0 Å². The Morgan fingerprint density at radius 3 is 1.25 bits per heavy atom. The van der Waals surface area contributed by atoms with Gasteiger partial charge in [-0.1, -0.05) is 35.1 Å². The number of ether oxygens (including phenoxy) is 1. The van der Waals surface area contributed by atoms with Gasteiger partial charge in [0.2, 0.25) is 0 Å². The molecule has 1 fully saturated rings. The molecule has 0 saturated carbocycles. The topological polar surface area (TPSA) is 12.5 Å². The highest BCUT2D eigenvalue weighted by Gasteiger charge is 1.94. The average molecular weight is 120 g/mol. The van der Waals surface area contributed by atoms with E-state index in [2.05, 4.69) is 18.6 Å². The Morgan fingerprint density at radius 2 is 1.25 bits per heavy atom. The van der Waals surface area contributed by atoms with Crippen molar-refractivity contribution in [3.8, 4) is 0 Å². The molecule has 0 amide bonds. The molecule has 1 heteroatoms. The maximum absolute atomic E-state index is 4.50. The van der Waals surface area contributed by atoms with E-state index in [1.807, 2.05) is 0 Å². The molecular weight excluding hydrogens is 100 g/mol. The van der Waals surface area contributed by atoms with E-state index >= 15 is 0 Å². The zero-order chi connectivity index (χ0) is 4.83. The van der Waals surface area contributed by atoms with Gasteiger partial charge < -0.3 is 4.74 Å². The fourth-order valence-electron chi connectivity index (χ4n) is 0. The van der Waals surface area contributed by atoms with E-state index in [9.17, 15) is 0 Å². The van der Waals surface area contributed by atoms with Crippen LogP contribution in [0.25, 0.3) is 0 Å². The smallest absolute Gasteiger partial charge is 0.0701 e. The minimum atomic E-state index is 0. The third-order valence-electron chi connectivity index (χ3n) is 0.204. The van der Waals surface area contributed by atoms with Crippen molar-refractivity contribution in [1.29, 1.82) is 0 Å². The van der Waals surface area contributed by atoms with Crippen LogP contribution in [0.3, 0.4) is 0 Å². The highest BCUT2D eigenvalue weighted by Crippen LogP contribution is 1.84. The van der Waals surface area contributed by atoms with Crippen molar-refractivity contribution in [2.75, 3.05) is 13.2 Å². The first-order chi connectivity index (χ1) is 2.91. The summed E-state index contributed by atoms with van der Waals surface area (Å²) >= 11 is 0. The highest BCUT2D eigenvalue weighted by molar-refractivity contribution is 4.36. The highest BCUT2D eigenvalue weighted by atomic mass is 16.6. The van der Waals surface area contributed by atoms with Gasteiger partial charge in [0.25, 0.3) is 0 Å². The fourth-order valence-corrected chi connectivity index (χ4v) is 0. The van der Waals surface area contributed by atoms with Crippen LogP contribution in [0.15, 0.2) is 0 Å². The first-order valence-corrected chi connectivity index (χ1v) is 2.49. The van der Waals surface area contributed by atoms with Crippen molar-refractivity contribution in [1.82, 2.24) is 0 Å². The quantitative estimate of drug-likeness (QED) is 0.448. The minimum Gasteiger partial charge on any atom is -0.377 e. The number of epoxide rings is 1. The molecule has 54 valence electrons. The van der Waals surface area contributed by atoms with E-state index < -0.39 is 0 Å². The molecule has 0 bridgehead atoms. The second kappa shape index (κ2) is 15.8. The van der Waals surface area contributed by atoms with E-state index in [-0.39, 0.29) is 14.9 Å². The Morgan fingerprint density at radius 1 is 1.12 bits per heavy atom. The van der Waals surface area contributed by atoms with Crippen LogP contribution in [0.2, 0.25) is 0 Å². The predicted octanol–water partition coefficient (Wildman–Crippen LogP) is 2.71. The summed E-state index contributed by atoms with van der Waals surface area (Å²) in [5, 5.41) is 0. The fraction of sp³-hybridized carbons (Fsp3) is 1.00. The second-order valence-corrected chi connectivity index (χ2v) is 1.32. The molecule has 1 aliphatic rings. The zero-order valence-corrected chi connectivity index (χ0v) is 4.53. The molecule has 1 heterocycles. The summed E-state index contributed by atoms with van der Waals surface area (Å²) in [5.41, 5.74) is 0. The van der Waals surface area contributed by atoms with Crippen LogP contribution >= 0.6 is 0 Å². The summed E-state index contributed by atoms with van der Waals surface area (Å²) < 4.78 is 4.50. The average Bonchev–Trinajstić information content (AvgIpc) is 2.11. The lowest BCUT2D eigenvalue weighted by Gasteiger charge is -1.48. The molecule has 8 heavy (non-hydrogen) atoms. The lowest BCUT2D eigenvalue weighted by molar-refractivity contribution is 0.475. The van der Waals surface area contributed by atoms with Gasteiger partial charge >= 0.3 is 0 Å². The third-order valence-corrected chi connectivity index (χ3v) is 0.204. The van der Waals surface area contributed by atoms with E-state index in [4.69, 9.17) is 0 Å². The normalized spacial score (nSPS) is 11.2. The molecule has 0 unspecified atom stereocenters. The lowest BCUT2D eigenvalue weighted by Crippen LogP contribution is -1.27. The summed E-state index contributed by atoms with van der Waals surface area (Å²) in [5.74, 6) is 0. The summed E-state index contributed by atoms with van der Waals surface area (Å²) in [6.07, 6.45) is 1.25. The Hall–Kier alpha value is -0.0400. The van der Waals surface area contributed by atoms with Gasteiger partial charge in [0.05, 0.1) is 13.2 Å². The van der Waals surface area contributed by atoms with Crippen molar-refractivity contribution in [2.24, 2.45) is 0 Å². The van der Waals surface area contributed by atoms with Crippen LogP contribution < -0.4 is 0 Å². The molecular formula is C7H20O. The largest absolute Gasteiger partial charge is 0.377 e. The summed E-state index contributed by atoms with van der Waals surface area (Å²) in [6.45, 7) is 6.25. The molecule has 0 aromatic heterocycles. The van der Waals surface area contributed by atoms with Crippen LogP contribution in [0.5, 0.6) is 0 Å². The van der Waals surface area contributed by atoms with E-state index in [1.165, 1.54) is 6.42 Å². The molecule has 1 saturated heterocycles. The van der Waals surface area contributed by atoms with Crippen molar-refractivity contribution in [3.05, 3.63) is 0 Å². The van der Waals surface area contributed by atoms with Gasteiger partial charge in [-0.25, -0.2) is 0 Å². The van der Waals surface area contributed by atoms with Gasteiger partial charge in [-0.3, -0.25) is 0 Å². The molecule has 1 nitrogen and oxygen atoms in total. The standard InChI is InChI=1S/C3H8.C2H4O.2CH4/c1-3-2;1-2-3-1;;/h3H2,1-2H3;1-2H2;2*1H4.